The molecular weight excluding hydrogens is 514 g/mol. The molecule has 0 bridgehead atoms. The minimum atomic E-state index is -0.676. The van der Waals surface area contributed by atoms with Crippen molar-refractivity contribution < 1.29 is 39.4 Å². The third-order valence-corrected chi connectivity index (χ3v) is 8.42. The van der Waals surface area contributed by atoms with Gasteiger partial charge in [-0.2, -0.15) is 0 Å². The standard InChI is InChI=1S/C31H45NO8/c1-4-32-31(12-5-6-13-31)19-39-28-17-21(16-27(38-3)29(28)36)30-23(11-14-33)25(35)18-22(40-30)9-7-20-8-10-24(34)26(15-20)37-2/h8,10,15-17,22-23,25,30,32-36H,4-7,9,11-14,18-19H2,1-3H3/t22-,23-,25-,30+/m0/s1. The van der Waals surface area contributed by atoms with Gasteiger partial charge in [-0.25, -0.2) is 0 Å². The highest BCUT2D eigenvalue weighted by Crippen LogP contribution is 2.46. The molecule has 9 nitrogen and oxygen atoms in total. The number of nitrogens with one attached hydrogen (secondary N) is 1. The molecule has 2 aromatic rings. The fourth-order valence-electron chi connectivity index (χ4n) is 6.27. The van der Waals surface area contributed by atoms with E-state index in [4.69, 9.17) is 18.9 Å². The zero-order valence-electron chi connectivity index (χ0n) is 23.9. The van der Waals surface area contributed by atoms with E-state index in [1.165, 1.54) is 14.2 Å². The van der Waals surface area contributed by atoms with Gasteiger partial charge in [0.05, 0.1) is 38.1 Å². The van der Waals surface area contributed by atoms with E-state index in [1.807, 2.05) is 6.07 Å². The zero-order chi connectivity index (χ0) is 28.7. The van der Waals surface area contributed by atoms with Gasteiger partial charge in [-0.05, 0) is 80.5 Å². The van der Waals surface area contributed by atoms with Crippen molar-refractivity contribution in [1.82, 2.24) is 5.32 Å². The lowest BCUT2D eigenvalue weighted by Gasteiger charge is -2.40. The van der Waals surface area contributed by atoms with Crippen molar-refractivity contribution in [2.24, 2.45) is 5.92 Å². The average molecular weight is 560 g/mol. The Bertz CT molecular complexity index is 1100. The molecule has 0 radical (unpaired) electrons. The van der Waals surface area contributed by atoms with Gasteiger partial charge in [-0.15, -0.1) is 0 Å². The molecule has 0 spiro atoms. The Labute approximate surface area is 237 Å². The van der Waals surface area contributed by atoms with E-state index < -0.39 is 12.2 Å². The summed E-state index contributed by atoms with van der Waals surface area (Å²) in [6, 6.07) is 8.77. The SMILES string of the molecule is CCNC1(COc2cc([C@H]3O[C@@H](CCc4ccc(O)c(OC)c4)C[C@H](O)[C@@H]3CCO)cc(OC)c2O)CCCC1. The second-order valence-corrected chi connectivity index (χ2v) is 11.1. The smallest absolute Gasteiger partial charge is 0.200 e. The topological polar surface area (TPSA) is 130 Å². The van der Waals surface area contributed by atoms with Crippen LogP contribution in [0.25, 0.3) is 0 Å². The van der Waals surface area contributed by atoms with Crippen molar-refractivity contribution in [1.29, 1.82) is 0 Å². The highest BCUT2D eigenvalue weighted by molar-refractivity contribution is 5.53. The Morgan fingerprint density at radius 1 is 1.00 bits per heavy atom. The van der Waals surface area contributed by atoms with Gasteiger partial charge in [0, 0.05) is 12.5 Å². The van der Waals surface area contributed by atoms with Crippen LogP contribution in [0.2, 0.25) is 0 Å². The van der Waals surface area contributed by atoms with Crippen molar-refractivity contribution in [3.63, 3.8) is 0 Å². The van der Waals surface area contributed by atoms with Gasteiger partial charge >= 0.3 is 0 Å². The van der Waals surface area contributed by atoms with Gasteiger partial charge in [0.1, 0.15) is 6.61 Å². The Kier molecular flexibility index (Phi) is 10.4. The lowest BCUT2D eigenvalue weighted by molar-refractivity contribution is -0.144. The first-order valence-corrected chi connectivity index (χ1v) is 14.4. The van der Waals surface area contributed by atoms with Crippen LogP contribution in [0.4, 0.5) is 0 Å². The van der Waals surface area contributed by atoms with Crippen molar-refractivity contribution in [3.8, 4) is 28.7 Å². The molecule has 4 rings (SSSR count). The molecule has 9 heteroatoms. The minimum Gasteiger partial charge on any atom is -0.504 e. The Morgan fingerprint density at radius 2 is 1.73 bits per heavy atom. The molecule has 2 fully saturated rings. The van der Waals surface area contributed by atoms with Crippen LogP contribution in [0.1, 0.15) is 69.1 Å². The number of hydrogen-bond acceptors (Lipinski definition) is 9. The molecule has 222 valence electrons. The summed E-state index contributed by atoms with van der Waals surface area (Å²) in [7, 11) is 3.01. The van der Waals surface area contributed by atoms with E-state index >= 15 is 0 Å². The second kappa shape index (κ2) is 13.8. The summed E-state index contributed by atoms with van der Waals surface area (Å²) in [4.78, 5) is 0. The summed E-state index contributed by atoms with van der Waals surface area (Å²) in [6.07, 6.45) is 5.01. The maximum Gasteiger partial charge on any atom is 0.200 e. The van der Waals surface area contributed by atoms with E-state index in [2.05, 4.69) is 12.2 Å². The number of rotatable bonds is 13. The molecule has 1 aliphatic heterocycles. The van der Waals surface area contributed by atoms with Crippen LogP contribution in [-0.2, 0) is 11.2 Å². The summed E-state index contributed by atoms with van der Waals surface area (Å²) < 4.78 is 23.6. The number of methoxy groups -OCH3 is 2. The number of aromatic hydroxyl groups is 2. The minimum absolute atomic E-state index is 0.0659. The molecule has 5 N–H and O–H groups in total. The molecule has 2 aliphatic rings. The maximum atomic E-state index is 11.1. The molecule has 40 heavy (non-hydrogen) atoms. The Hall–Kier alpha value is -2.72. The molecule has 0 amide bonds. The molecular formula is C31H45NO8. The van der Waals surface area contributed by atoms with Crippen LogP contribution in [-0.4, -0.2) is 72.2 Å². The fourth-order valence-corrected chi connectivity index (χ4v) is 6.27. The average Bonchev–Trinajstić information content (AvgIpc) is 3.42. The molecule has 1 saturated carbocycles. The van der Waals surface area contributed by atoms with Crippen molar-refractivity contribution in [2.45, 2.75) is 82.1 Å². The number of aryl methyl sites for hydroxylation is 1. The first kappa shape index (κ1) is 30.2. The molecule has 4 atom stereocenters. The predicted octanol–water partition coefficient (Wildman–Crippen LogP) is 4.24. The number of phenols is 2. The van der Waals surface area contributed by atoms with Crippen molar-refractivity contribution >= 4 is 0 Å². The van der Waals surface area contributed by atoms with Gasteiger partial charge in [-0.1, -0.05) is 25.8 Å². The number of hydrogen-bond donors (Lipinski definition) is 5. The summed E-state index contributed by atoms with van der Waals surface area (Å²) in [5, 5.41) is 45.3. The van der Waals surface area contributed by atoms with E-state index in [0.717, 1.165) is 43.4 Å². The number of aliphatic hydroxyl groups excluding tert-OH is 2. The maximum absolute atomic E-state index is 11.1. The fraction of sp³-hybridized carbons (Fsp3) is 0.613. The number of likely N-dealkylation sites (N-methyl/N-ethyl adjacent to an activating group) is 1. The third-order valence-electron chi connectivity index (χ3n) is 8.42. The zero-order valence-corrected chi connectivity index (χ0v) is 23.9. The van der Waals surface area contributed by atoms with Gasteiger partial charge < -0.3 is 44.7 Å². The summed E-state index contributed by atoms with van der Waals surface area (Å²) >= 11 is 0. The van der Waals surface area contributed by atoms with Crippen molar-refractivity contribution in [2.75, 3.05) is 34.0 Å². The molecule has 2 aromatic carbocycles. The molecule has 0 aromatic heterocycles. The lowest BCUT2D eigenvalue weighted by atomic mass is 9.82. The molecule has 1 aliphatic carbocycles. The first-order chi connectivity index (χ1) is 19.3. The van der Waals surface area contributed by atoms with Crippen LogP contribution in [0.5, 0.6) is 28.7 Å². The number of ether oxygens (including phenoxy) is 4. The number of benzene rings is 2. The quantitative estimate of drug-likeness (QED) is 0.245. The molecule has 1 heterocycles. The van der Waals surface area contributed by atoms with Gasteiger partial charge in [0.15, 0.2) is 23.0 Å². The Balaban J connectivity index is 1.56. The van der Waals surface area contributed by atoms with Crippen molar-refractivity contribution in [3.05, 3.63) is 41.5 Å². The highest BCUT2D eigenvalue weighted by Gasteiger charge is 2.39. The van der Waals surface area contributed by atoms with Gasteiger partial charge in [-0.3, -0.25) is 0 Å². The van der Waals surface area contributed by atoms with E-state index in [9.17, 15) is 20.4 Å². The number of phenolic OH excluding ortho intramolecular Hbond substituents is 2. The number of aliphatic hydroxyl groups is 2. The van der Waals surface area contributed by atoms with E-state index in [1.54, 1.807) is 24.3 Å². The van der Waals surface area contributed by atoms with Gasteiger partial charge in [0.2, 0.25) is 5.75 Å². The largest absolute Gasteiger partial charge is 0.504 e. The first-order valence-electron chi connectivity index (χ1n) is 14.4. The van der Waals surface area contributed by atoms with Crippen LogP contribution < -0.4 is 19.5 Å². The van der Waals surface area contributed by atoms with Gasteiger partial charge in [0.25, 0.3) is 0 Å². The lowest BCUT2D eigenvalue weighted by Crippen LogP contribution is -2.47. The Morgan fingerprint density at radius 3 is 2.40 bits per heavy atom. The van der Waals surface area contributed by atoms with Crippen LogP contribution in [0, 0.1) is 5.92 Å². The summed E-state index contributed by atoms with van der Waals surface area (Å²) in [6.45, 7) is 3.27. The van der Waals surface area contributed by atoms with E-state index in [-0.39, 0.29) is 41.4 Å². The highest BCUT2D eigenvalue weighted by atomic mass is 16.5. The summed E-state index contributed by atoms with van der Waals surface area (Å²) in [5.41, 5.74) is 1.59. The summed E-state index contributed by atoms with van der Waals surface area (Å²) in [5.74, 6) is 0.698. The normalized spacial score (nSPS) is 24.1. The monoisotopic (exact) mass is 559 g/mol. The van der Waals surface area contributed by atoms with Crippen LogP contribution in [0.3, 0.4) is 0 Å². The predicted molar refractivity (Wildman–Crippen MR) is 151 cm³/mol. The second-order valence-electron chi connectivity index (χ2n) is 11.1. The third kappa shape index (κ3) is 6.94. The van der Waals surface area contributed by atoms with Crippen LogP contribution in [0.15, 0.2) is 30.3 Å². The van der Waals surface area contributed by atoms with Crippen LogP contribution >= 0.6 is 0 Å². The molecule has 1 saturated heterocycles. The van der Waals surface area contributed by atoms with E-state index in [0.29, 0.717) is 43.8 Å². The molecule has 0 unspecified atom stereocenters.